The fourth-order valence-corrected chi connectivity index (χ4v) is 2.80. The fourth-order valence-electron chi connectivity index (χ4n) is 1.99. The zero-order chi connectivity index (χ0) is 13.4. The summed E-state index contributed by atoms with van der Waals surface area (Å²) in [6.07, 6.45) is 1.01. The predicted octanol–water partition coefficient (Wildman–Crippen LogP) is 0.0906. The number of Topliss-reactive ketones (excluding diaryl/α,β-unsaturated/α-hetero) is 1. The molecule has 1 saturated heterocycles. The minimum atomic E-state index is -0.473. The van der Waals surface area contributed by atoms with Gasteiger partial charge in [0.05, 0.1) is 30.6 Å². The third-order valence-electron chi connectivity index (χ3n) is 2.94. The highest BCUT2D eigenvalue weighted by Gasteiger charge is 2.33. The summed E-state index contributed by atoms with van der Waals surface area (Å²) >= 11 is 1.38. The number of rotatable bonds is 2. The summed E-state index contributed by atoms with van der Waals surface area (Å²) in [5, 5.41) is 0.756. The monoisotopic (exact) mass is 314 g/mol. The summed E-state index contributed by atoms with van der Waals surface area (Å²) in [4.78, 5) is 33.1. The molecule has 108 valence electrons. The topological polar surface area (TPSA) is 98.4 Å². The largest absolute Gasteiger partial charge is 0.443 e. The maximum atomic E-state index is 11.7. The Labute approximate surface area is 126 Å². The van der Waals surface area contributed by atoms with Crippen molar-refractivity contribution < 1.29 is 14.3 Å². The minimum absolute atomic E-state index is 0. The van der Waals surface area contributed by atoms with E-state index in [1.807, 2.05) is 0 Å². The van der Waals surface area contributed by atoms with E-state index in [0.717, 1.165) is 5.03 Å². The van der Waals surface area contributed by atoms with Crippen molar-refractivity contribution in [2.45, 2.75) is 17.6 Å². The van der Waals surface area contributed by atoms with Crippen molar-refractivity contribution in [1.29, 1.82) is 0 Å². The van der Waals surface area contributed by atoms with Crippen LogP contribution in [-0.4, -0.2) is 46.8 Å². The summed E-state index contributed by atoms with van der Waals surface area (Å²) in [7, 11) is 0. The second kappa shape index (κ2) is 5.98. The molecule has 0 spiro atoms. The van der Waals surface area contributed by atoms with Crippen molar-refractivity contribution >= 4 is 43.0 Å². The molecule has 3 rings (SSSR count). The molecule has 1 atom stereocenters. The molecule has 1 aromatic heterocycles. The third-order valence-corrected chi connectivity index (χ3v) is 4.02. The lowest BCUT2D eigenvalue weighted by Gasteiger charge is -2.16. The van der Waals surface area contributed by atoms with Gasteiger partial charge in [-0.1, -0.05) is 11.8 Å². The van der Waals surface area contributed by atoms with Crippen LogP contribution in [0.4, 0.5) is 10.6 Å². The molecular formula is C11H14N4O3S2. The van der Waals surface area contributed by atoms with E-state index in [4.69, 9.17) is 10.5 Å². The van der Waals surface area contributed by atoms with Crippen molar-refractivity contribution in [2.75, 3.05) is 23.7 Å². The fraction of sp³-hybridized carbons (Fsp3) is 0.455. The van der Waals surface area contributed by atoms with E-state index in [9.17, 15) is 9.59 Å². The Bertz CT molecular complexity index is 554. The summed E-state index contributed by atoms with van der Waals surface area (Å²) in [6.45, 7) is 0.638. The van der Waals surface area contributed by atoms with Gasteiger partial charge >= 0.3 is 6.09 Å². The quantitative estimate of drug-likeness (QED) is 0.826. The average molecular weight is 314 g/mol. The van der Waals surface area contributed by atoms with Crippen LogP contribution in [0.5, 0.6) is 0 Å². The molecule has 0 unspecified atom stereocenters. The second-order valence-corrected chi connectivity index (χ2v) is 5.30. The Morgan fingerprint density at radius 3 is 3.00 bits per heavy atom. The van der Waals surface area contributed by atoms with Crippen molar-refractivity contribution in [2.24, 2.45) is 5.73 Å². The van der Waals surface area contributed by atoms with Crippen LogP contribution in [-0.2, 0) is 16.0 Å². The van der Waals surface area contributed by atoms with Crippen LogP contribution in [0.1, 0.15) is 5.69 Å². The van der Waals surface area contributed by atoms with E-state index >= 15 is 0 Å². The normalized spacial score (nSPS) is 21.2. The Morgan fingerprint density at radius 2 is 2.30 bits per heavy atom. The van der Waals surface area contributed by atoms with E-state index < -0.39 is 6.09 Å². The molecule has 1 fully saturated rings. The highest BCUT2D eigenvalue weighted by molar-refractivity contribution is 8.00. The number of ether oxygens (including phenoxy) is 1. The lowest BCUT2D eigenvalue weighted by atomic mass is 10.2. The van der Waals surface area contributed by atoms with Gasteiger partial charge in [-0.05, 0) is 0 Å². The summed E-state index contributed by atoms with van der Waals surface area (Å²) in [5.41, 5.74) is 6.11. The lowest BCUT2D eigenvalue weighted by molar-refractivity contribution is -0.116. The average Bonchev–Trinajstić information content (AvgIpc) is 2.79. The minimum Gasteiger partial charge on any atom is -0.443 e. The summed E-state index contributed by atoms with van der Waals surface area (Å²) in [5.74, 6) is 0.963. The standard InChI is InChI=1S/C11H12N4O3S.H2S/c12-2-7-4-15(11(17)18-7)9-3-13-10-8(14-9)1-6(16)5-19-10;/h3,7H,1-2,4-5,12H2;1H2/t7-;/m0./s1. The number of amides is 1. The first-order valence-corrected chi connectivity index (χ1v) is 6.84. The molecule has 7 nitrogen and oxygen atoms in total. The Balaban J connectivity index is 0.00000147. The molecule has 2 aliphatic rings. The number of anilines is 1. The van der Waals surface area contributed by atoms with E-state index in [1.54, 1.807) is 0 Å². The molecule has 0 saturated carbocycles. The number of carbonyl (C=O) groups excluding carboxylic acids is 2. The first-order chi connectivity index (χ1) is 9.17. The van der Waals surface area contributed by atoms with E-state index in [1.165, 1.54) is 22.9 Å². The molecule has 20 heavy (non-hydrogen) atoms. The summed E-state index contributed by atoms with van der Waals surface area (Å²) < 4.78 is 5.06. The number of nitrogens with two attached hydrogens (primary N) is 1. The van der Waals surface area contributed by atoms with Crippen LogP contribution < -0.4 is 10.6 Å². The molecular weight excluding hydrogens is 300 g/mol. The van der Waals surface area contributed by atoms with Gasteiger partial charge in [-0.15, -0.1) is 0 Å². The predicted molar refractivity (Wildman–Crippen MR) is 78.5 cm³/mol. The van der Waals surface area contributed by atoms with E-state index in [-0.39, 0.29) is 38.3 Å². The number of nitrogens with zero attached hydrogens (tertiary/aromatic N) is 3. The lowest BCUT2D eigenvalue weighted by Crippen LogP contribution is -2.29. The van der Waals surface area contributed by atoms with Crippen molar-refractivity contribution in [3.05, 3.63) is 11.9 Å². The zero-order valence-electron chi connectivity index (χ0n) is 10.5. The van der Waals surface area contributed by atoms with Gasteiger partial charge in [-0.2, -0.15) is 13.5 Å². The maximum absolute atomic E-state index is 11.7. The highest BCUT2D eigenvalue weighted by atomic mass is 32.2. The van der Waals surface area contributed by atoms with Gasteiger partial charge < -0.3 is 10.5 Å². The molecule has 0 aliphatic carbocycles. The van der Waals surface area contributed by atoms with Crippen LogP contribution >= 0.6 is 25.3 Å². The molecule has 9 heteroatoms. The van der Waals surface area contributed by atoms with Crippen molar-refractivity contribution in [3.63, 3.8) is 0 Å². The van der Waals surface area contributed by atoms with E-state index in [0.29, 0.717) is 23.8 Å². The van der Waals surface area contributed by atoms with Crippen LogP contribution in [0, 0.1) is 0 Å². The van der Waals surface area contributed by atoms with Crippen molar-refractivity contribution in [1.82, 2.24) is 9.97 Å². The number of thioether (sulfide) groups is 1. The van der Waals surface area contributed by atoms with Gasteiger partial charge in [0.1, 0.15) is 16.9 Å². The van der Waals surface area contributed by atoms with Crippen LogP contribution in [0.15, 0.2) is 11.2 Å². The molecule has 1 aromatic rings. The van der Waals surface area contributed by atoms with Crippen LogP contribution in [0.2, 0.25) is 0 Å². The maximum Gasteiger partial charge on any atom is 0.416 e. The van der Waals surface area contributed by atoms with Gasteiger partial charge in [0.15, 0.2) is 5.82 Å². The third kappa shape index (κ3) is 2.74. The number of hydrogen-bond donors (Lipinski definition) is 1. The number of cyclic esters (lactones) is 1. The van der Waals surface area contributed by atoms with Gasteiger partial charge in [-0.3, -0.25) is 9.69 Å². The first kappa shape index (κ1) is 15.1. The number of hydrogen-bond acceptors (Lipinski definition) is 7. The summed E-state index contributed by atoms with van der Waals surface area (Å²) in [6, 6.07) is 0. The number of fused-ring (bicyclic) bond motifs is 1. The Hall–Kier alpha value is -1.32. The van der Waals surface area contributed by atoms with Crippen molar-refractivity contribution in [3.8, 4) is 0 Å². The van der Waals surface area contributed by atoms with Gasteiger partial charge in [-0.25, -0.2) is 14.8 Å². The number of ketones is 1. The van der Waals surface area contributed by atoms with E-state index in [2.05, 4.69) is 9.97 Å². The molecule has 1 amide bonds. The zero-order valence-corrected chi connectivity index (χ0v) is 12.4. The van der Waals surface area contributed by atoms with Crippen LogP contribution in [0.25, 0.3) is 0 Å². The molecule has 0 bridgehead atoms. The smallest absolute Gasteiger partial charge is 0.416 e. The Morgan fingerprint density at radius 1 is 1.50 bits per heavy atom. The van der Waals surface area contributed by atoms with Gasteiger partial charge in [0.2, 0.25) is 0 Å². The number of carbonyl (C=O) groups is 2. The molecule has 3 heterocycles. The molecule has 2 N–H and O–H groups in total. The highest BCUT2D eigenvalue weighted by Crippen LogP contribution is 2.27. The second-order valence-electron chi connectivity index (χ2n) is 4.34. The molecule has 2 aliphatic heterocycles. The van der Waals surface area contributed by atoms with Gasteiger partial charge in [0.25, 0.3) is 0 Å². The SMILES string of the molecule is NC[C@H]1CN(c2cnc3c(n2)CC(=O)CS3)C(=O)O1.S. The Kier molecular flexibility index (Phi) is 4.51. The van der Waals surface area contributed by atoms with Gasteiger partial charge in [0, 0.05) is 6.54 Å². The molecule has 0 aromatic carbocycles. The first-order valence-electron chi connectivity index (χ1n) is 5.86. The van der Waals surface area contributed by atoms with Crippen LogP contribution in [0.3, 0.4) is 0 Å². The number of aromatic nitrogens is 2. The molecule has 0 radical (unpaired) electrons.